The van der Waals surface area contributed by atoms with Crippen LogP contribution in [0.2, 0.25) is 0 Å². The van der Waals surface area contributed by atoms with Crippen molar-refractivity contribution in [2.75, 3.05) is 7.11 Å². The van der Waals surface area contributed by atoms with Gasteiger partial charge >= 0.3 is 0 Å². The van der Waals surface area contributed by atoms with Crippen molar-refractivity contribution in [1.29, 1.82) is 0 Å². The third kappa shape index (κ3) is 2.47. The number of carbonyl (C=O) groups is 1. The summed E-state index contributed by atoms with van der Waals surface area (Å²) >= 11 is 0. The van der Waals surface area contributed by atoms with E-state index in [1.165, 1.54) is 19.2 Å². The first kappa shape index (κ1) is 12.4. The van der Waals surface area contributed by atoms with Gasteiger partial charge in [0.15, 0.2) is 6.10 Å². The predicted molar refractivity (Wildman–Crippen MR) is 53.1 cm³/mol. The third-order valence-corrected chi connectivity index (χ3v) is 2.12. The first-order chi connectivity index (χ1) is 7.47. The van der Waals surface area contributed by atoms with E-state index < -0.39 is 23.9 Å². The molecule has 1 aromatic rings. The lowest BCUT2D eigenvalue weighted by Crippen LogP contribution is -2.34. The van der Waals surface area contributed by atoms with Crippen molar-refractivity contribution < 1.29 is 24.1 Å². The summed E-state index contributed by atoms with van der Waals surface area (Å²) in [5.74, 6) is -1.64. The molecule has 4 N–H and O–H groups in total. The van der Waals surface area contributed by atoms with Gasteiger partial charge in [-0.1, -0.05) is 0 Å². The minimum atomic E-state index is -1.84. The van der Waals surface area contributed by atoms with Crippen molar-refractivity contribution in [1.82, 2.24) is 0 Å². The average molecular weight is 229 g/mol. The molecular formula is C10H12FNO4. The quantitative estimate of drug-likeness (QED) is 0.661. The van der Waals surface area contributed by atoms with Crippen LogP contribution in [0.3, 0.4) is 0 Å². The van der Waals surface area contributed by atoms with Crippen LogP contribution in [0.25, 0.3) is 0 Å². The summed E-state index contributed by atoms with van der Waals surface area (Å²) in [6, 6.07) is 3.65. The smallest absolute Gasteiger partial charge is 0.249 e. The number of rotatable bonds is 4. The van der Waals surface area contributed by atoms with Gasteiger partial charge in [-0.25, -0.2) is 4.39 Å². The van der Waals surface area contributed by atoms with Crippen molar-refractivity contribution in [3.05, 3.63) is 29.6 Å². The fraction of sp³-hybridized carbons (Fsp3) is 0.300. The Bertz CT molecular complexity index is 396. The van der Waals surface area contributed by atoms with Crippen LogP contribution < -0.4 is 10.5 Å². The van der Waals surface area contributed by atoms with Crippen LogP contribution in [0.1, 0.15) is 11.7 Å². The highest BCUT2D eigenvalue weighted by Crippen LogP contribution is 2.23. The highest BCUT2D eigenvalue weighted by Gasteiger charge is 2.25. The predicted octanol–water partition coefficient (Wildman–Crippen LogP) is -0.286. The molecule has 0 bridgehead atoms. The van der Waals surface area contributed by atoms with Gasteiger partial charge in [0, 0.05) is 11.6 Å². The van der Waals surface area contributed by atoms with Crippen molar-refractivity contribution in [3.8, 4) is 5.75 Å². The molecule has 1 amide bonds. The van der Waals surface area contributed by atoms with Crippen LogP contribution in [0.4, 0.5) is 4.39 Å². The van der Waals surface area contributed by atoms with Crippen LogP contribution in [0.15, 0.2) is 18.2 Å². The second-order valence-corrected chi connectivity index (χ2v) is 3.18. The molecule has 0 aliphatic rings. The number of nitrogens with two attached hydrogens (primary N) is 1. The molecule has 88 valence electrons. The number of amides is 1. The Labute approximate surface area is 91.3 Å². The normalized spacial score (nSPS) is 14.2. The summed E-state index contributed by atoms with van der Waals surface area (Å²) < 4.78 is 18.2. The Balaban J connectivity index is 3.00. The van der Waals surface area contributed by atoms with Gasteiger partial charge in [0.1, 0.15) is 17.7 Å². The Morgan fingerprint density at radius 2 is 2.12 bits per heavy atom. The van der Waals surface area contributed by atoms with Gasteiger partial charge in [-0.05, 0) is 12.1 Å². The van der Waals surface area contributed by atoms with E-state index in [4.69, 9.17) is 10.5 Å². The van der Waals surface area contributed by atoms with Gasteiger partial charge in [0.05, 0.1) is 7.11 Å². The number of primary amides is 1. The van der Waals surface area contributed by atoms with Crippen molar-refractivity contribution in [2.45, 2.75) is 12.2 Å². The molecule has 0 heterocycles. The number of benzene rings is 1. The Morgan fingerprint density at radius 3 is 2.56 bits per heavy atom. The third-order valence-electron chi connectivity index (χ3n) is 2.12. The van der Waals surface area contributed by atoms with Crippen LogP contribution in [-0.2, 0) is 4.79 Å². The molecular weight excluding hydrogens is 217 g/mol. The summed E-state index contributed by atoms with van der Waals surface area (Å²) in [6.07, 6.45) is -3.54. The molecule has 0 aromatic heterocycles. The SMILES string of the molecule is COc1ccc(C(O)C(O)C(N)=O)c(F)c1. The topological polar surface area (TPSA) is 92.8 Å². The van der Waals surface area contributed by atoms with E-state index >= 15 is 0 Å². The van der Waals surface area contributed by atoms with Crippen LogP contribution >= 0.6 is 0 Å². The highest BCUT2D eigenvalue weighted by atomic mass is 19.1. The Morgan fingerprint density at radius 1 is 1.50 bits per heavy atom. The zero-order valence-corrected chi connectivity index (χ0v) is 8.55. The molecule has 16 heavy (non-hydrogen) atoms. The van der Waals surface area contributed by atoms with Gasteiger partial charge in [0.25, 0.3) is 0 Å². The van der Waals surface area contributed by atoms with Crippen molar-refractivity contribution >= 4 is 5.91 Å². The van der Waals surface area contributed by atoms with Crippen molar-refractivity contribution in [2.24, 2.45) is 5.73 Å². The van der Waals surface area contributed by atoms with E-state index in [9.17, 15) is 19.4 Å². The zero-order chi connectivity index (χ0) is 12.3. The summed E-state index contributed by atoms with van der Waals surface area (Å²) in [6.45, 7) is 0. The standard InChI is InChI=1S/C10H12FNO4/c1-16-5-2-3-6(7(11)4-5)8(13)9(14)10(12)15/h2-4,8-9,13-14H,1H3,(H2,12,15). The van der Waals surface area contributed by atoms with Crippen LogP contribution in [-0.4, -0.2) is 29.3 Å². The molecule has 6 heteroatoms. The molecule has 2 unspecified atom stereocenters. The lowest BCUT2D eigenvalue weighted by atomic mass is 10.0. The molecule has 0 fully saturated rings. The van der Waals surface area contributed by atoms with Crippen LogP contribution in [0, 0.1) is 5.82 Å². The first-order valence-corrected chi connectivity index (χ1v) is 4.46. The van der Waals surface area contributed by atoms with Gasteiger partial charge in [-0.2, -0.15) is 0 Å². The van der Waals surface area contributed by atoms with E-state index in [1.807, 2.05) is 0 Å². The molecule has 0 aliphatic carbocycles. The minimum absolute atomic E-state index is 0.216. The summed E-state index contributed by atoms with van der Waals surface area (Å²) in [7, 11) is 1.36. The summed E-state index contributed by atoms with van der Waals surface area (Å²) in [5.41, 5.74) is 4.57. The number of aliphatic hydroxyl groups is 2. The minimum Gasteiger partial charge on any atom is -0.497 e. The highest BCUT2D eigenvalue weighted by molar-refractivity contribution is 5.79. The molecule has 2 atom stereocenters. The number of ether oxygens (including phenoxy) is 1. The first-order valence-electron chi connectivity index (χ1n) is 4.46. The molecule has 1 rings (SSSR count). The van der Waals surface area contributed by atoms with Gasteiger partial charge in [-0.15, -0.1) is 0 Å². The molecule has 0 aliphatic heterocycles. The molecule has 0 saturated carbocycles. The lowest BCUT2D eigenvalue weighted by Gasteiger charge is -2.16. The fourth-order valence-corrected chi connectivity index (χ4v) is 1.20. The van der Waals surface area contributed by atoms with Crippen LogP contribution in [0.5, 0.6) is 5.75 Å². The van der Waals surface area contributed by atoms with Gasteiger partial charge in [0.2, 0.25) is 5.91 Å². The van der Waals surface area contributed by atoms with E-state index in [2.05, 4.69) is 0 Å². The van der Waals surface area contributed by atoms with E-state index in [0.29, 0.717) is 0 Å². The number of hydrogen-bond acceptors (Lipinski definition) is 4. The largest absolute Gasteiger partial charge is 0.497 e. The molecule has 0 spiro atoms. The fourth-order valence-electron chi connectivity index (χ4n) is 1.20. The maximum atomic E-state index is 13.4. The van der Waals surface area contributed by atoms with E-state index in [1.54, 1.807) is 0 Å². The molecule has 1 aromatic carbocycles. The number of carbonyl (C=O) groups excluding carboxylic acids is 1. The van der Waals surface area contributed by atoms with Crippen molar-refractivity contribution in [3.63, 3.8) is 0 Å². The summed E-state index contributed by atoms with van der Waals surface area (Å²) in [4.78, 5) is 10.6. The molecule has 0 radical (unpaired) electrons. The van der Waals surface area contributed by atoms with Gasteiger partial charge < -0.3 is 20.7 Å². The Hall–Kier alpha value is -1.66. The van der Waals surface area contributed by atoms with E-state index in [0.717, 1.165) is 6.07 Å². The Kier molecular flexibility index (Phi) is 3.81. The average Bonchev–Trinajstić information content (AvgIpc) is 2.26. The van der Waals surface area contributed by atoms with E-state index in [-0.39, 0.29) is 11.3 Å². The maximum absolute atomic E-state index is 13.4. The molecule has 5 nitrogen and oxygen atoms in total. The summed E-state index contributed by atoms with van der Waals surface area (Å²) in [5, 5.41) is 18.6. The van der Waals surface area contributed by atoms with Gasteiger partial charge in [-0.3, -0.25) is 4.79 Å². The second kappa shape index (κ2) is 4.91. The maximum Gasteiger partial charge on any atom is 0.249 e. The molecule has 0 saturated heterocycles. The number of methoxy groups -OCH3 is 1. The number of hydrogen-bond donors (Lipinski definition) is 3. The monoisotopic (exact) mass is 229 g/mol. The number of aliphatic hydroxyl groups excluding tert-OH is 2. The second-order valence-electron chi connectivity index (χ2n) is 3.18. The number of halogens is 1. The zero-order valence-electron chi connectivity index (χ0n) is 8.55. The lowest BCUT2D eigenvalue weighted by molar-refractivity contribution is -0.132.